The van der Waals surface area contributed by atoms with Crippen LogP contribution in [0.15, 0.2) is 12.7 Å². The molecule has 0 heterocycles. The molecule has 1 amide bonds. The van der Waals surface area contributed by atoms with E-state index in [9.17, 15) is 14.7 Å². The maximum Gasteiger partial charge on any atom is 0.408 e. The Morgan fingerprint density at radius 3 is 2.04 bits per heavy atom. The van der Waals surface area contributed by atoms with E-state index in [1.807, 2.05) is 0 Å². The van der Waals surface area contributed by atoms with Crippen LogP contribution in [-0.4, -0.2) is 41.0 Å². The van der Waals surface area contributed by atoms with Crippen LogP contribution >= 0.6 is 0 Å². The molecule has 0 aliphatic carbocycles. The molecule has 0 bridgehead atoms. The van der Waals surface area contributed by atoms with Crippen LogP contribution in [0.25, 0.3) is 0 Å². The number of esters is 1. The second-order valence-electron chi connectivity index (χ2n) is 7.54. The minimum atomic E-state index is -0.888. The lowest BCUT2D eigenvalue weighted by Crippen LogP contribution is -2.47. The Hall–Kier alpha value is -1.56. The lowest BCUT2D eigenvalue weighted by Gasteiger charge is -2.27. The van der Waals surface area contributed by atoms with Gasteiger partial charge in [0.05, 0.1) is 0 Å². The zero-order valence-electron chi connectivity index (χ0n) is 15.1. The molecular weight excluding hydrogens is 298 g/mol. The highest BCUT2D eigenvalue weighted by molar-refractivity contribution is 5.81. The van der Waals surface area contributed by atoms with Crippen LogP contribution in [0.4, 0.5) is 4.79 Å². The summed E-state index contributed by atoms with van der Waals surface area (Å²) in [6, 6.07) is -0.888. The molecule has 2 atom stereocenters. The normalized spacial score (nSPS) is 14.6. The van der Waals surface area contributed by atoms with Crippen molar-refractivity contribution in [3.8, 4) is 0 Å². The number of carbonyl (C=O) groups excluding carboxylic acids is 2. The van der Waals surface area contributed by atoms with Crippen LogP contribution < -0.4 is 5.32 Å². The predicted octanol–water partition coefficient (Wildman–Crippen LogP) is 2.80. The number of amides is 1. The third kappa shape index (κ3) is 10.7. The Morgan fingerprint density at radius 2 is 1.65 bits per heavy atom. The molecule has 0 radical (unpaired) electrons. The number of ether oxygens (including phenoxy) is 2. The van der Waals surface area contributed by atoms with Crippen LogP contribution in [0.2, 0.25) is 0 Å². The fourth-order valence-corrected chi connectivity index (χ4v) is 1.85. The van der Waals surface area contributed by atoms with Crippen molar-refractivity contribution in [1.82, 2.24) is 5.32 Å². The first-order valence-electron chi connectivity index (χ1n) is 7.82. The Bertz CT molecular complexity index is 406. The first kappa shape index (κ1) is 21.4. The Kier molecular flexibility index (Phi) is 8.31. The monoisotopic (exact) mass is 329 g/mol. The molecule has 23 heavy (non-hydrogen) atoms. The maximum atomic E-state index is 12.3. The molecule has 0 aromatic heterocycles. The summed E-state index contributed by atoms with van der Waals surface area (Å²) in [4.78, 5) is 24.3. The summed E-state index contributed by atoms with van der Waals surface area (Å²) in [7, 11) is 0. The SMILES string of the molecule is C=CC[C@H](CO)C[C@H](NC(=O)OC(C)(C)C)C(=O)OC(C)(C)C. The van der Waals surface area contributed by atoms with Crippen molar-refractivity contribution in [3.05, 3.63) is 12.7 Å². The fraction of sp³-hybridized carbons (Fsp3) is 0.765. The number of nitrogens with one attached hydrogen (secondary N) is 1. The topological polar surface area (TPSA) is 84.9 Å². The van der Waals surface area contributed by atoms with E-state index in [2.05, 4.69) is 11.9 Å². The van der Waals surface area contributed by atoms with E-state index in [0.717, 1.165) is 0 Å². The number of aliphatic hydroxyl groups excluding tert-OH is 1. The van der Waals surface area contributed by atoms with E-state index >= 15 is 0 Å². The quantitative estimate of drug-likeness (QED) is 0.554. The second kappa shape index (κ2) is 8.91. The van der Waals surface area contributed by atoms with E-state index in [0.29, 0.717) is 6.42 Å². The van der Waals surface area contributed by atoms with Crippen LogP contribution in [0.5, 0.6) is 0 Å². The highest BCUT2D eigenvalue weighted by Gasteiger charge is 2.30. The Morgan fingerprint density at radius 1 is 1.13 bits per heavy atom. The molecule has 6 nitrogen and oxygen atoms in total. The summed E-state index contributed by atoms with van der Waals surface area (Å²) < 4.78 is 10.5. The minimum absolute atomic E-state index is 0.110. The average molecular weight is 329 g/mol. The van der Waals surface area contributed by atoms with Crippen molar-refractivity contribution in [2.45, 2.75) is 71.6 Å². The van der Waals surface area contributed by atoms with Gasteiger partial charge in [-0.3, -0.25) is 0 Å². The van der Waals surface area contributed by atoms with E-state index in [1.54, 1.807) is 47.6 Å². The highest BCUT2D eigenvalue weighted by atomic mass is 16.6. The van der Waals surface area contributed by atoms with Crippen LogP contribution in [0.1, 0.15) is 54.4 Å². The summed E-state index contributed by atoms with van der Waals surface area (Å²) in [5.41, 5.74) is -1.34. The molecule has 2 N–H and O–H groups in total. The van der Waals surface area contributed by atoms with Crippen molar-refractivity contribution in [3.63, 3.8) is 0 Å². The van der Waals surface area contributed by atoms with Gasteiger partial charge in [0.2, 0.25) is 0 Å². The maximum absolute atomic E-state index is 12.3. The molecule has 6 heteroatoms. The molecule has 0 saturated heterocycles. The van der Waals surface area contributed by atoms with Crippen LogP contribution in [-0.2, 0) is 14.3 Å². The minimum Gasteiger partial charge on any atom is -0.458 e. The number of aliphatic hydroxyl groups is 1. The number of alkyl carbamates (subject to hydrolysis) is 1. The van der Waals surface area contributed by atoms with Crippen molar-refractivity contribution in [1.29, 1.82) is 0 Å². The summed E-state index contributed by atoms with van der Waals surface area (Å²) >= 11 is 0. The van der Waals surface area contributed by atoms with E-state index < -0.39 is 29.3 Å². The molecular formula is C17H31NO5. The average Bonchev–Trinajstić information content (AvgIpc) is 2.32. The third-order valence-corrected chi connectivity index (χ3v) is 2.71. The van der Waals surface area contributed by atoms with E-state index in [-0.39, 0.29) is 18.9 Å². The van der Waals surface area contributed by atoms with Gasteiger partial charge in [-0.15, -0.1) is 6.58 Å². The van der Waals surface area contributed by atoms with Crippen molar-refractivity contribution >= 4 is 12.1 Å². The number of carbonyl (C=O) groups is 2. The second-order valence-corrected chi connectivity index (χ2v) is 7.54. The fourth-order valence-electron chi connectivity index (χ4n) is 1.85. The number of allylic oxidation sites excluding steroid dienone is 1. The summed E-state index contributed by atoms with van der Waals surface area (Å²) in [6.07, 6.45) is 1.76. The van der Waals surface area contributed by atoms with Gasteiger partial charge in [-0.05, 0) is 60.3 Å². The standard InChI is InChI=1S/C17H31NO5/c1-8-9-12(11-19)10-13(14(20)22-16(2,3)4)18-15(21)23-17(5,6)7/h8,12-13,19H,1,9-11H2,2-7H3,(H,18,21)/t12-,13-/m0/s1. The molecule has 0 aromatic rings. The number of hydrogen-bond acceptors (Lipinski definition) is 5. The third-order valence-electron chi connectivity index (χ3n) is 2.71. The lowest BCUT2D eigenvalue weighted by molar-refractivity contribution is -0.158. The molecule has 0 spiro atoms. The zero-order valence-corrected chi connectivity index (χ0v) is 15.1. The molecule has 0 saturated carbocycles. The van der Waals surface area contributed by atoms with Gasteiger partial charge in [-0.2, -0.15) is 0 Å². The van der Waals surface area contributed by atoms with Gasteiger partial charge >= 0.3 is 12.1 Å². The van der Waals surface area contributed by atoms with Gasteiger partial charge in [0.15, 0.2) is 0 Å². The van der Waals surface area contributed by atoms with Gasteiger partial charge in [0.1, 0.15) is 17.2 Å². The van der Waals surface area contributed by atoms with Crippen LogP contribution in [0.3, 0.4) is 0 Å². The molecule has 0 fully saturated rings. The first-order valence-corrected chi connectivity index (χ1v) is 7.82. The van der Waals surface area contributed by atoms with Crippen molar-refractivity contribution < 1.29 is 24.2 Å². The van der Waals surface area contributed by atoms with Crippen molar-refractivity contribution in [2.24, 2.45) is 5.92 Å². The summed E-state index contributed by atoms with van der Waals surface area (Å²) in [6.45, 7) is 14.0. The Labute approximate surface area is 139 Å². The lowest BCUT2D eigenvalue weighted by atomic mass is 9.97. The highest BCUT2D eigenvalue weighted by Crippen LogP contribution is 2.16. The van der Waals surface area contributed by atoms with Gasteiger partial charge in [-0.25, -0.2) is 9.59 Å². The van der Waals surface area contributed by atoms with Gasteiger partial charge in [-0.1, -0.05) is 6.08 Å². The summed E-state index contributed by atoms with van der Waals surface area (Å²) in [5.74, 6) is -0.745. The number of rotatable bonds is 7. The van der Waals surface area contributed by atoms with Gasteiger partial charge in [0.25, 0.3) is 0 Å². The molecule has 134 valence electrons. The summed E-state index contributed by atoms with van der Waals surface area (Å²) in [5, 5.41) is 11.9. The number of hydrogen-bond donors (Lipinski definition) is 2. The van der Waals surface area contributed by atoms with E-state index in [4.69, 9.17) is 9.47 Å². The largest absolute Gasteiger partial charge is 0.458 e. The molecule has 0 unspecified atom stereocenters. The van der Waals surface area contributed by atoms with Gasteiger partial charge < -0.3 is 19.9 Å². The van der Waals surface area contributed by atoms with E-state index in [1.165, 1.54) is 0 Å². The molecule has 0 aliphatic heterocycles. The van der Waals surface area contributed by atoms with Crippen molar-refractivity contribution in [2.75, 3.05) is 6.61 Å². The van der Waals surface area contributed by atoms with Gasteiger partial charge in [0, 0.05) is 6.61 Å². The van der Waals surface area contributed by atoms with Crippen LogP contribution in [0, 0.1) is 5.92 Å². The predicted molar refractivity (Wildman–Crippen MR) is 89.0 cm³/mol. The molecule has 0 rings (SSSR count). The molecule has 0 aliphatic rings. The smallest absolute Gasteiger partial charge is 0.408 e. The molecule has 0 aromatic carbocycles. The Balaban J connectivity index is 5.02. The first-order chi connectivity index (χ1) is 10.4. The zero-order chi connectivity index (χ0) is 18.3.